The molecule has 7 rings (SSSR count). The van der Waals surface area contributed by atoms with E-state index < -0.39 is 0 Å². The quantitative estimate of drug-likeness (QED) is 0.0828. The first-order valence-electron chi connectivity index (χ1n) is 18.5. The molecule has 0 unspecified atom stereocenters. The zero-order chi connectivity index (χ0) is 36.7. The Kier molecular flexibility index (Phi) is 10.2. The van der Waals surface area contributed by atoms with E-state index in [1.165, 1.54) is 18.5 Å². The van der Waals surface area contributed by atoms with Crippen molar-refractivity contribution in [2.24, 2.45) is 21.1 Å². The molecule has 0 amide bonds. The molecule has 1 aliphatic rings. The molecule has 0 N–H and O–H groups in total. The average Bonchev–Trinajstić information content (AvgIpc) is 3.78. The zero-order valence-corrected chi connectivity index (χ0v) is 32.2. The second-order valence-corrected chi connectivity index (χ2v) is 14.5. The van der Waals surface area contributed by atoms with Crippen molar-refractivity contribution < 1.29 is 14.3 Å². The van der Waals surface area contributed by atoms with Crippen LogP contribution in [0.1, 0.15) is 77.5 Å². The van der Waals surface area contributed by atoms with E-state index in [0.29, 0.717) is 42.8 Å². The number of halogens is 1. The molecule has 52 heavy (non-hydrogen) atoms. The summed E-state index contributed by atoms with van der Waals surface area (Å²) < 4.78 is 18.0. The molecule has 0 aliphatic heterocycles. The van der Waals surface area contributed by atoms with E-state index in [0.717, 1.165) is 79.7 Å². The van der Waals surface area contributed by atoms with Crippen molar-refractivity contribution in [2.75, 3.05) is 13.2 Å². The first-order chi connectivity index (χ1) is 25.1. The van der Waals surface area contributed by atoms with Gasteiger partial charge in [0.15, 0.2) is 0 Å². The van der Waals surface area contributed by atoms with E-state index in [2.05, 4.69) is 56.0 Å². The molecular formula is C42H49ClN6O3. The first-order valence-corrected chi connectivity index (χ1v) is 18.8. The van der Waals surface area contributed by atoms with Crippen LogP contribution in [0.15, 0.2) is 54.6 Å². The SMILES string of the molecule is CCOC(=O)c1c(CCCOc2cc(C)cc3ccccc23)c2ccc(Cl)c(-c3c(CN(Cc4cc(CC)n(C)n4)C4CC4)nn(C)c3C)c2n1C. The van der Waals surface area contributed by atoms with Crippen LogP contribution in [0.3, 0.4) is 0 Å². The van der Waals surface area contributed by atoms with E-state index in [9.17, 15) is 4.79 Å². The Morgan fingerprint density at radius 1 is 0.942 bits per heavy atom. The molecule has 9 nitrogen and oxygen atoms in total. The van der Waals surface area contributed by atoms with E-state index in [1.807, 2.05) is 66.3 Å². The van der Waals surface area contributed by atoms with Gasteiger partial charge in [-0.2, -0.15) is 10.2 Å². The van der Waals surface area contributed by atoms with Crippen molar-refractivity contribution in [3.8, 4) is 16.9 Å². The minimum Gasteiger partial charge on any atom is -0.493 e. The molecule has 3 aromatic carbocycles. The van der Waals surface area contributed by atoms with Crippen LogP contribution in [0, 0.1) is 13.8 Å². The molecule has 0 saturated heterocycles. The second kappa shape index (κ2) is 14.8. The van der Waals surface area contributed by atoms with Gasteiger partial charge in [-0.1, -0.05) is 54.9 Å². The van der Waals surface area contributed by atoms with Gasteiger partial charge in [-0.25, -0.2) is 4.79 Å². The summed E-state index contributed by atoms with van der Waals surface area (Å²) in [6.07, 6.45) is 4.63. The van der Waals surface area contributed by atoms with Crippen LogP contribution in [0.4, 0.5) is 0 Å². The van der Waals surface area contributed by atoms with Crippen LogP contribution in [-0.2, 0) is 51.8 Å². The minimum absolute atomic E-state index is 0.288. The van der Waals surface area contributed by atoms with Gasteiger partial charge in [0, 0.05) is 73.6 Å². The Balaban J connectivity index is 1.25. The fourth-order valence-electron chi connectivity index (χ4n) is 7.77. The highest BCUT2D eigenvalue weighted by molar-refractivity contribution is 6.35. The Hall–Kier alpha value is -4.60. The van der Waals surface area contributed by atoms with E-state index >= 15 is 0 Å². The Morgan fingerprint density at radius 2 is 1.73 bits per heavy atom. The maximum Gasteiger partial charge on any atom is 0.355 e. The van der Waals surface area contributed by atoms with Crippen LogP contribution in [0.25, 0.3) is 32.8 Å². The second-order valence-electron chi connectivity index (χ2n) is 14.1. The standard InChI is InChI=1S/C42H49ClN6O3/c1-8-30-23-29(44-48(30)7)24-49(31-16-17-31)25-36-38(27(4)47(6)45-36)39-35(43)19-18-34-33(41(42(50)51-9-2)46(5)40(34)39)15-12-20-52-37-22-26(3)21-28-13-10-11-14-32(28)37/h10-11,13-14,18-19,21-23,31H,8-9,12,15-17,20,24-25H2,1-7H3. The van der Waals surface area contributed by atoms with E-state index in [1.54, 1.807) is 0 Å². The van der Waals surface area contributed by atoms with Crippen LogP contribution < -0.4 is 4.74 Å². The summed E-state index contributed by atoms with van der Waals surface area (Å²) in [5, 5.41) is 13.8. The summed E-state index contributed by atoms with van der Waals surface area (Å²) in [6.45, 7) is 10.4. The number of hydrogen-bond donors (Lipinski definition) is 0. The number of nitrogens with zero attached hydrogens (tertiary/aromatic N) is 6. The summed E-state index contributed by atoms with van der Waals surface area (Å²) in [5.41, 5.74) is 9.74. The van der Waals surface area contributed by atoms with E-state index in [-0.39, 0.29) is 12.6 Å². The number of carbonyl (C=O) groups is 1. The number of fused-ring (bicyclic) bond motifs is 2. The molecule has 0 atom stereocenters. The van der Waals surface area contributed by atoms with Crippen molar-refractivity contribution in [3.63, 3.8) is 0 Å². The highest BCUT2D eigenvalue weighted by atomic mass is 35.5. The van der Waals surface area contributed by atoms with Gasteiger partial charge in [-0.3, -0.25) is 14.3 Å². The molecule has 3 heterocycles. The van der Waals surface area contributed by atoms with Crippen molar-refractivity contribution >= 4 is 39.2 Å². The lowest BCUT2D eigenvalue weighted by atomic mass is 9.97. The lowest BCUT2D eigenvalue weighted by Gasteiger charge is -2.21. The average molecular weight is 721 g/mol. The number of benzene rings is 3. The number of hydrogen-bond acceptors (Lipinski definition) is 6. The number of aryl methyl sites for hydroxylation is 6. The zero-order valence-electron chi connectivity index (χ0n) is 31.4. The molecule has 0 bridgehead atoms. The number of rotatable bonds is 14. The van der Waals surface area contributed by atoms with Crippen molar-refractivity contribution in [1.82, 2.24) is 29.0 Å². The summed E-state index contributed by atoms with van der Waals surface area (Å²) in [7, 11) is 5.95. The lowest BCUT2D eigenvalue weighted by molar-refractivity contribution is 0.0514. The smallest absolute Gasteiger partial charge is 0.355 e. The summed E-state index contributed by atoms with van der Waals surface area (Å²) in [5.74, 6) is 0.538. The topological polar surface area (TPSA) is 79.3 Å². The molecule has 10 heteroatoms. The van der Waals surface area contributed by atoms with Crippen LogP contribution >= 0.6 is 11.6 Å². The van der Waals surface area contributed by atoms with Gasteiger partial charge in [0.05, 0.1) is 35.1 Å². The van der Waals surface area contributed by atoms with Crippen LogP contribution in [0.5, 0.6) is 5.75 Å². The van der Waals surface area contributed by atoms with Gasteiger partial charge in [-0.05, 0) is 87.6 Å². The lowest BCUT2D eigenvalue weighted by Crippen LogP contribution is -2.26. The third-order valence-electron chi connectivity index (χ3n) is 10.5. The maximum absolute atomic E-state index is 13.7. The van der Waals surface area contributed by atoms with Gasteiger partial charge in [0.1, 0.15) is 11.4 Å². The summed E-state index contributed by atoms with van der Waals surface area (Å²) >= 11 is 7.18. The molecular weight excluding hydrogens is 672 g/mol. The predicted octanol–water partition coefficient (Wildman–Crippen LogP) is 8.65. The molecule has 0 spiro atoms. The number of carbonyl (C=O) groups excluding carboxylic acids is 1. The molecule has 6 aromatic rings. The van der Waals surface area contributed by atoms with Crippen molar-refractivity contribution in [1.29, 1.82) is 0 Å². The molecule has 0 radical (unpaired) electrons. The van der Waals surface area contributed by atoms with E-state index in [4.69, 9.17) is 31.3 Å². The molecule has 1 aliphatic carbocycles. The molecule has 3 aromatic heterocycles. The Bertz CT molecular complexity index is 2280. The summed E-state index contributed by atoms with van der Waals surface area (Å²) in [6, 6.07) is 19.3. The normalized spacial score (nSPS) is 13.2. The highest BCUT2D eigenvalue weighted by Gasteiger charge is 2.33. The fraction of sp³-hybridized carbons (Fsp3) is 0.405. The fourth-order valence-corrected chi connectivity index (χ4v) is 8.01. The Labute approximate surface area is 311 Å². The highest BCUT2D eigenvalue weighted by Crippen LogP contribution is 2.43. The van der Waals surface area contributed by atoms with Gasteiger partial charge in [-0.15, -0.1) is 0 Å². The molecule has 1 fully saturated rings. The van der Waals surface area contributed by atoms with Crippen molar-refractivity contribution in [3.05, 3.63) is 99.2 Å². The monoisotopic (exact) mass is 720 g/mol. The molecule has 272 valence electrons. The van der Waals surface area contributed by atoms with Crippen molar-refractivity contribution in [2.45, 2.75) is 78.9 Å². The van der Waals surface area contributed by atoms with Crippen LogP contribution in [0.2, 0.25) is 5.02 Å². The van der Waals surface area contributed by atoms with Gasteiger partial charge >= 0.3 is 5.97 Å². The van der Waals surface area contributed by atoms with Crippen LogP contribution in [-0.4, -0.2) is 54.3 Å². The van der Waals surface area contributed by atoms with Gasteiger partial charge in [0.2, 0.25) is 0 Å². The number of aromatic nitrogens is 5. The third kappa shape index (κ3) is 6.84. The number of esters is 1. The van der Waals surface area contributed by atoms with Gasteiger partial charge in [0.25, 0.3) is 0 Å². The summed E-state index contributed by atoms with van der Waals surface area (Å²) in [4.78, 5) is 16.2. The minimum atomic E-state index is -0.339. The number of ether oxygens (including phenoxy) is 2. The Morgan fingerprint density at radius 3 is 2.46 bits per heavy atom. The molecule has 1 saturated carbocycles. The van der Waals surface area contributed by atoms with Gasteiger partial charge < -0.3 is 14.0 Å². The first kappa shape index (κ1) is 35.8. The maximum atomic E-state index is 13.7. The largest absolute Gasteiger partial charge is 0.493 e. The third-order valence-corrected chi connectivity index (χ3v) is 10.8. The predicted molar refractivity (Wildman–Crippen MR) is 208 cm³/mol.